The summed E-state index contributed by atoms with van der Waals surface area (Å²) in [5, 5.41) is 3.32. The first-order valence-electron chi connectivity index (χ1n) is 13.9. The Hall–Kier alpha value is -0.112. The predicted octanol–water partition coefficient (Wildman–Crippen LogP) is 2.69. The van der Waals surface area contributed by atoms with Gasteiger partial charge in [-0.15, -0.1) is 0 Å². The average molecular weight is 557 g/mol. The van der Waals surface area contributed by atoms with Crippen molar-refractivity contribution >= 4 is 46.3 Å². The summed E-state index contributed by atoms with van der Waals surface area (Å²) in [7, 11) is 0.111. The van der Waals surface area contributed by atoms with Crippen molar-refractivity contribution in [3.05, 3.63) is 23.3 Å². The summed E-state index contributed by atoms with van der Waals surface area (Å²) in [4.78, 5) is 5.36. The van der Waals surface area contributed by atoms with E-state index in [4.69, 9.17) is 13.3 Å². The monoisotopic (exact) mass is 556 g/mol. The largest absolute Gasteiger partial charge is 0.507 e. The Morgan fingerprint density at radius 2 is 1.31 bits per heavy atom. The van der Waals surface area contributed by atoms with Crippen molar-refractivity contribution in [3.8, 4) is 0 Å². The molecule has 0 N–H and O–H groups in total. The van der Waals surface area contributed by atoms with Crippen LogP contribution in [0.5, 0.6) is 0 Å². The molecular formula is C26H56N2O3Si4. The Morgan fingerprint density at radius 1 is 0.829 bits per heavy atom. The Kier molecular flexibility index (Phi) is 15.0. The van der Waals surface area contributed by atoms with Crippen LogP contribution < -0.4 is 10.4 Å². The molecule has 0 aliphatic rings. The van der Waals surface area contributed by atoms with Crippen molar-refractivity contribution in [2.75, 3.05) is 47.5 Å². The maximum atomic E-state index is 6.02. The van der Waals surface area contributed by atoms with E-state index in [1.165, 1.54) is 17.2 Å². The lowest BCUT2D eigenvalue weighted by Crippen LogP contribution is -2.54. The molecular weight excluding hydrogens is 501 g/mol. The van der Waals surface area contributed by atoms with Crippen molar-refractivity contribution in [1.82, 2.24) is 9.80 Å². The fourth-order valence-electron chi connectivity index (χ4n) is 5.89. The molecule has 9 heteroatoms. The molecule has 1 unspecified atom stereocenters. The summed E-state index contributed by atoms with van der Waals surface area (Å²) >= 11 is 0. The van der Waals surface area contributed by atoms with Gasteiger partial charge in [0, 0.05) is 27.1 Å². The zero-order chi connectivity index (χ0) is 26.8. The lowest BCUT2D eigenvalue weighted by molar-refractivity contribution is 0.114. The third kappa shape index (κ3) is 7.94. The minimum Gasteiger partial charge on any atom is -0.376 e. The smallest absolute Gasteiger partial charge is 0.376 e. The minimum absolute atomic E-state index is 0.137. The molecule has 0 bridgehead atoms. The van der Waals surface area contributed by atoms with Crippen LogP contribution in [0.1, 0.15) is 51.3 Å². The number of hydrogen-bond donors (Lipinski definition) is 0. The van der Waals surface area contributed by atoms with Gasteiger partial charge in [-0.1, -0.05) is 89.4 Å². The lowest BCUT2D eigenvalue weighted by Gasteiger charge is -2.38. The molecule has 5 nitrogen and oxygen atoms in total. The van der Waals surface area contributed by atoms with Gasteiger partial charge in [-0.05, 0) is 43.7 Å². The molecule has 1 rings (SSSR count). The second kappa shape index (κ2) is 16.0. The molecule has 0 saturated heterocycles. The van der Waals surface area contributed by atoms with E-state index >= 15 is 0 Å². The van der Waals surface area contributed by atoms with Crippen molar-refractivity contribution in [3.63, 3.8) is 0 Å². The van der Waals surface area contributed by atoms with E-state index < -0.39 is 26.4 Å². The van der Waals surface area contributed by atoms with Gasteiger partial charge >= 0.3 is 8.80 Å². The maximum absolute atomic E-state index is 6.02. The van der Waals surface area contributed by atoms with Gasteiger partial charge in [0.05, 0.1) is 32.7 Å². The fraction of sp³-hybridized carbons (Fsp3) is 0.769. The molecule has 0 saturated carbocycles. The van der Waals surface area contributed by atoms with Crippen LogP contribution in [0, 0.1) is 0 Å². The average Bonchev–Trinajstić information content (AvgIpc) is 2.85. The van der Waals surface area contributed by atoms with E-state index in [0.717, 1.165) is 32.6 Å². The quantitative estimate of drug-likeness (QED) is 0.218. The van der Waals surface area contributed by atoms with Crippen molar-refractivity contribution in [1.29, 1.82) is 0 Å². The first-order valence-corrected chi connectivity index (χ1v) is 23.3. The summed E-state index contributed by atoms with van der Waals surface area (Å²) in [5.74, 6) is 0.646. The minimum atomic E-state index is -2.82. The normalized spacial score (nSPS) is 14.1. The first kappa shape index (κ1) is 32.9. The molecule has 0 spiro atoms. The van der Waals surface area contributed by atoms with Crippen LogP contribution in [0.4, 0.5) is 0 Å². The van der Waals surface area contributed by atoms with Gasteiger partial charge in [-0.3, -0.25) is 9.80 Å². The molecule has 1 aromatic carbocycles. The zero-order valence-electron chi connectivity index (χ0n) is 25.0. The third-order valence-electron chi connectivity index (χ3n) is 7.80. The van der Waals surface area contributed by atoms with Crippen molar-refractivity contribution in [2.45, 2.75) is 84.6 Å². The maximum Gasteiger partial charge on any atom is 0.507 e. The van der Waals surface area contributed by atoms with E-state index in [2.05, 4.69) is 82.7 Å². The zero-order valence-corrected chi connectivity index (χ0v) is 29.8. The number of benzene rings is 1. The second-order valence-corrected chi connectivity index (χ2v) is 21.3. The van der Waals surface area contributed by atoms with Crippen molar-refractivity contribution < 1.29 is 13.3 Å². The predicted molar refractivity (Wildman–Crippen MR) is 165 cm³/mol. The molecule has 0 amide bonds. The Labute approximate surface area is 224 Å². The lowest BCUT2D eigenvalue weighted by atomic mass is 10.0. The molecule has 0 heterocycles. The molecule has 204 valence electrons. The first-order chi connectivity index (χ1) is 16.6. The van der Waals surface area contributed by atoms with Gasteiger partial charge in [-0.25, -0.2) is 0 Å². The molecule has 0 radical (unpaired) electrons. The van der Waals surface area contributed by atoms with E-state index in [-0.39, 0.29) is 15.1 Å². The second-order valence-electron chi connectivity index (χ2n) is 10.2. The Balaban J connectivity index is 3.49. The summed E-state index contributed by atoms with van der Waals surface area (Å²) in [6, 6.07) is 6.25. The van der Waals surface area contributed by atoms with Crippen LogP contribution in [-0.2, 0) is 19.7 Å². The van der Waals surface area contributed by atoms with E-state index in [0.29, 0.717) is 5.79 Å². The van der Waals surface area contributed by atoms with Crippen LogP contribution >= 0.6 is 0 Å². The highest BCUT2D eigenvalue weighted by molar-refractivity contribution is 6.82. The molecule has 0 aliphatic carbocycles. The fourth-order valence-corrected chi connectivity index (χ4v) is 16.1. The van der Waals surface area contributed by atoms with Crippen LogP contribution in [0.3, 0.4) is 0 Å². The summed E-state index contributed by atoms with van der Waals surface area (Å²) in [6.07, 6.45) is 1.15. The van der Waals surface area contributed by atoms with Crippen LogP contribution in [0.2, 0.25) is 32.2 Å². The highest BCUT2D eigenvalue weighted by atomic mass is 28.4. The highest BCUT2D eigenvalue weighted by Crippen LogP contribution is 2.31. The van der Waals surface area contributed by atoms with E-state index in [9.17, 15) is 0 Å². The summed E-state index contributed by atoms with van der Waals surface area (Å²) < 4.78 is 18.1. The standard InChI is InChI=1S/C26H56N2O3Si4/c1-13-27(14-2)26(28(15-3)16-4)32-20-19-22-17-18-23(33(9)10)25(34(11)12)24(22)21(5)35(29-6,30-7)31-8/h17-18,21,26,33-34H,13-16,19-20,32H2,1-12H3. The van der Waals surface area contributed by atoms with Gasteiger partial charge in [0.25, 0.3) is 0 Å². The summed E-state index contributed by atoms with van der Waals surface area (Å²) in [5.41, 5.74) is 3.16. The van der Waals surface area contributed by atoms with Gasteiger partial charge < -0.3 is 13.3 Å². The van der Waals surface area contributed by atoms with Gasteiger partial charge in [0.1, 0.15) is 0 Å². The van der Waals surface area contributed by atoms with Crippen molar-refractivity contribution in [2.24, 2.45) is 0 Å². The van der Waals surface area contributed by atoms with Crippen LogP contribution in [-0.4, -0.2) is 99.0 Å². The molecule has 1 atom stereocenters. The Bertz CT molecular complexity index is 719. The molecule has 0 aliphatic heterocycles. The van der Waals surface area contributed by atoms with Gasteiger partial charge in [0.2, 0.25) is 0 Å². The third-order valence-corrected chi connectivity index (χ3v) is 17.1. The molecule has 0 aromatic heterocycles. The number of nitrogens with zero attached hydrogens (tertiary/aromatic N) is 2. The van der Waals surface area contributed by atoms with Crippen LogP contribution in [0.25, 0.3) is 0 Å². The van der Waals surface area contributed by atoms with Gasteiger partial charge in [-0.2, -0.15) is 0 Å². The van der Waals surface area contributed by atoms with E-state index in [1.54, 1.807) is 31.7 Å². The molecule has 35 heavy (non-hydrogen) atoms. The summed E-state index contributed by atoms with van der Waals surface area (Å²) in [6.45, 7) is 26.0. The number of hydrogen-bond acceptors (Lipinski definition) is 5. The number of rotatable bonds is 17. The SMILES string of the molecule is CCN(CC)C([SiH2]CCc1ccc([SiH](C)C)c([SiH](C)C)c1C(C)[Si](OC)(OC)OC)N(CC)CC. The molecule has 1 aromatic rings. The number of aryl methyl sites for hydroxylation is 1. The highest BCUT2D eigenvalue weighted by Gasteiger charge is 2.47. The topological polar surface area (TPSA) is 34.2 Å². The van der Waals surface area contributed by atoms with Gasteiger partial charge in [0.15, 0.2) is 0 Å². The molecule has 0 fully saturated rings. The van der Waals surface area contributed by atoms with E-state index in [1.807, 2.05) is 0 Å². The Morgan fingerprint density at radius 3 is 1.69 bits per heavy atom. The van der Waals surface area contributed by atoms with Crippen LogP contribution in [0.15, 0.2) is 12.1 Å².